The van der Waals surface area contributed by atoms with Gasteiger partial charge in [0.2, 0.25) is 0 Å². The van der Waals surface area contributed by atoms with Crippen molar-refractivity contribution in [2.75, 3.05) is 13.2 Å². The summed E-state index contributed by atoms with van der Waals surface area (Å²) in [5, 5.41) is 0. The predicted octanol–water partition coefficient (Wildman–Crippen LogP) is 11.5. The third-order valence-corrected chi connectivity index (χ3v) is 10.1. The molecule has 1 saturated heterocycles. The molecule has 1 rings (SSSR count). The minimum absolute atomic E-state index is 0.210. The minimum atomic E-state index is -4.76. The molecule has 0 aromatic rings. The fraction of sp³-hybridized carbons (Fsp3) is 0.902. The van der Waals surface area contributed by atoms with Gasteiger partial charge >= 0.3 is 19.8 Å². The van der Waals surface area contributed by atoms with Crippen LogP contribution in [-0.2, 0) is 32.9 Å². The van der Waals surface area contributed by atoms with Gasteiger partial charge in [-0.05, 0) is 44.4 Å². The quantitative estimate of drug-likeness (QED) is 0.0210. The molecule has 3 atom stereocenters. The Labute approximate surface area is 312 Å². The van der Waals surface area contributed by atoms with Crippen molar-refractivity contribution in [2.45, 2.75) is 219 Å². The summed E-state index contributed by atoms with van der Waals surface area (Å²) in [7, 11) is -4.76. The Bertz CT molecular complexity index is 919. The standard InChI is InChI=1S/C41H77O9P/c1-4-5-24-30-38-39(50-38)31-26-21-17-14-15-18-22-27-32-40(42)47-34-37(35-48-51(44,45)46)49-41(43)33-28-23-19-13-11-9-7-6-8-10-12-16-20-25-29-36(2)3/h21,26,36-39H,4-20,22-25,27-35H2,1-3H3,(H2,44,45,46)/b26-21-/t37-,38?,39?/m1/s1. The zero-order valence-electron chi connectivity index (χ0n) is 32.9. The summed E-state index contributed by atoms with van der Waals surface area (Å²) < 4.78 is 32.1. The van der Waals surface area contributed by atoms with Crippen LogP contribution in [0.1, 0.15) is 201 Å². The number of ether oxygens (including phenoxy) is 3. The molecule has 0 amide bonds. The first-order chi connectivity index (χ1) is 24.6. The van der Waals surface area contributed by atoms with Crippen LogP contribution in [0.4, 0.5) is 0 Å². The smallest absolute Gasteiger partial charge is 0.462 e. The summed E-state index contributed by atoms with van der Waals surface area (Å²) in [5.41, 5.74) is 0. The molecule has 0 radical (unpaired) electrons. The Kier molecular flexibility index (Phi) is 30.2. The van der Waals surface area contributed by atoms with E-state index in [4.69, 9.17) is 24.0 Å². The maximum Gasteiger partial charge on any atom is 0.469 e. The van der Waals surface area contributed by atoms with E-state index >= 15 is 0 Å². The van der Waals surface area contributed by atoms with Crippen LogP contribution in [0.15, 0.2) is 12.2 Å². The van der Waals surface area contributed by atoms with Crippen molar-refractivity contribution in [2.24, 2.45) is 5.92 Å². The Hall–Kier alpha value is -1.25. The maximum absolute atomic E-state index is 12.4. The van der Waals surface area contributed by atoms with Gasteiger partial charge in [-0.1, -0.05) is 161 Å². The largest absolute Gasteiger partial charge is 0.469 e. The van der Waals surface area contributed by atoms with Crippen LogP contribution in [0, 0.1) is 5.92 Å². The van der Waals surface area contributed by atoms with Gasteiger partial charge in [0.15, 0.2) is 6.10 Å². The molecule has 0 aromatic carbocycles. The molecular weight excluding hydrogens is 667 g/mol. The second-order valence-corrected chi connectivity index (χ2v) is 16.4. The molecule has 1 fully saturated rings. The highest BCUT2D eigenvalue weighted by Gasteiger charge is 2.36. The van der Waals surface area contributed by atoms with E-state index in [2.05, 4.69) is 37.4 Å². The predicted molar refractivity (Wildman–Crippen MR) is 206 cm³/mol. The van der Waals surface area contributed by atoms with E-state index in [0.717, 1.165) is 63.7 Å². The van der Waals surface area contributed by atoms with Crippen LogP contribution in [0.5, 0.6) is 0 Å². The van der Waals surface area contributed by atoms with Gasteiger partial charge in [0.05, 0.1) is 18.8 Å². The third-order valence-electron chi connectivity index (χ3n) is 9.64. The van der Waals surface area contributed by atoms with Crippen molar-refractivity contribution < 1.29 is 42.7 Å². The van der Waals surface area contributed by atoms with Crippen LogP contribution in [0.2, 0.25) is 0 Å². The first kappa shape index (κ1) is 47.8. The second kappa shape index (κ2) is 32.2. The Morgan fingerprint density at radius 1 is 0.667 bits per heavy atom. The van der Waals surface area contributed by atoms with Crippen molar-refractivity contribution in [1.82, 2.24) is 0 Å². The maximum atomic E-state index is 12.4. The number of carbonyl (C=O) groups is 2. The number of unbranched alkanes of at least 4 members (excludes halogenated alkanes) is 20. The van der Waals surface area contributed by atoms with Gasteiger partial charge in [-0.3, -0.25) is 14.1 Å². The third kappa shape index (κ3) is 33.1. The lowest BCUT2D eigenvalue weighted by molar-refractivity contribution is -0.161. The van der Waals surface area contributed by atoms with Gasteiger partial charge in [0, 0.05) is 12.8 Å². The van der Waals surface area contributed by atoms with E-state index in [-0.39, 0.29) is 19.4 Å². The number of esters is 2. The average molecular weight is 745 g/mol. The molecule has 10 heteroatoms. The Balaban J connectivity index is 2.04. The Morgan fingerprint density at radius 3 is 1.75 bits per heavy atom. The molecular formula is C41H77O9P. The van der Waals surface area contributed by atoms with Crippen LogP contribution < -0.4 is 0 Å². The molecule has 0 aromatic heterocycles. The number of allylic oxidation sites excluding steroid dienone is 1. The van der Waals surface area contributed by atoms with Crippen molar-refractivity contribution in [3.8, 4) is 0 Å². The van der Waals surface area contributed by atoms with Crippen molar-refractivity contribution in [3.63, 3.8) is 0 Å². The number of phosphoric ester groups is 1. The summed E-state index contributed by atoms with van der Waals surface area (Å²) in [6, 6.07) is 0. The molecule has 1 heterocycles. The zero-order chi connectivity index (χ0) is 37.4. The average Bonchev–Trinajstić information content (AvgIpc) is 3.83. The molecule has 51 heavy (non-hydrogen) atoms. The van der Waals surface area contributed by atoms with Crippen LogP contribution in [0.3, 0.4) is 0 Å². The second-order valence-electron chi connectivity index (χ2n) is 15.2. The van der Waals surface area contributed by atoms with Gasteiger partial charge in [-0.15, -0.1) is 0 Å². The van der Waals surface area contributed by atoms with E-state index in [9.17, 15) is 14.2 Å². The van der Waals surface area contributed by atoms with Gasteiger partial charge in [-0.2, -0.15) is 0 Å². The number of carbonyl (C=O) groups excluding carboxylic acids is 2. The fourth-order valence-corrected chi connectivity index (χ4v) is 6.75. The number of rotatable bonds is 37. The van der Waals surface area contributed by atoms with Crippen molar-refractivity contribution in [1.29, 1.82) is 0 Å². The van der Waals surface area contributed by atoms with Gasteiger partial charge in [0.25, 0.3) is 0 Å². The number of phosphoric acid groups is 1. The number of hydrogen-bond acceptors (Lipinski definition) is 7. The highest BCUT2D eigenvalue weighted by molar-refractivity contribution is 7.46. The highest BCUT2D eigenvalue weighted by atomic mass is 31.2. The minimum Gasteiger partial charge on any atom is -0.462 e. The Morgan fingerprint density at radius 2 is 1.20 bits per heavy atom. The summed E-state index contributed by atoms with van der Waals surface area (Å²) in [6.07, 6.45) is 35.3. The zero-order valence-corrected chi connectivity index (χ0v) is 33.8. The topological polar surface area (TPSA) is 132 Å². The van der Waals surface area contributed by atoms with E-state index in [1.807, 2.05) is 0 Å². The first-order valence-electron chi connectivity index (χ1n) is 21.0. The fourth-order valence-electron chi connectivity index (χ4n) is 6.39. The summed E-state index contributed by atoms with van der Waals surface area (Å²) >= 11 is 0. The number of hydrogen-bond donors (Lipinski definition) is 2. The number of epoxide rings is 1. The lowest BCUT2D eigenvalue weighted by atomic mass is 10.0. The highest BCUT2D eigenvalue weighted by Crippen LogP contribution is 2.36. The molecule has 0 spiro atoms. The van der Waals surface area contributed by atoms with Crippen molar-refractivity contribution in [3.05, 3.63) is 12.2 Å². The molecule has 9 nitrogen and oxygen atoms in total. The molecule has 0 saturated carbocycles. The van der Waals surface area contributed by atoms with Crippen LogP contribution >= 0.6 is 7.82 Å². The van der Waals surface area contributed by atoms with E-state index in [0.29, 0.717) is 25.0 Å². The normalized spacial score (nSPS) is 16.6. The molecule has 300 valence electrons. The lowest BCUT2D eigenvalue weighted by Crippen LogP contribution is -2.29. The van der Waals surface area contributed by atoms with Crippen molar-refractivity contribution >= 4 is 19.8 Å². The van der Waals surface area contributed by atoms with E-state index in [1.54, 1.807) is 0 Å². The molecule has 0 bridgehead atoms. The van der Waals surface area contributed by atoms with Gasteiger partial charge < -0.3 is 24.0 Å². The first-order valence-corrected chi connectivity index (χ1v) is 22.5. The summed E-state index contributed by atoms with van der Waals surface area (Å²) in [5.74, 6) is -0.0693. The van der Waals surface area contributed by atoms with E-state index < -0.39 is 32.5 Å². The van der Waals surface area contributed by atoms with Crippen LogP contribution in [0.25, 0.3) is 0 Å². The monoisotopic (exact) mass is 745 g/mol. The molecule has 2 unspecified atom stereocenters. The molecule has 0 aliphatic carbocycles. The van der Waals surface area contributed by atoms with Gasteiger partial charge in [0.1, 0.15) is 6.61 Å². The summed E-state index contributed by atoms with van der Waals surface area (Å²) in [4.78, 5) is 42.9. The van der Waals surface area contributed by atoms with Crippen LogP contribution in [-0.4, -0.2) is 53.3 Å². The molecule has 2 N–H and O–H groups in total. The van der Waals surface area contributed by atoms with Gasteiger partial charge in [-0.25, -0.2) is 4.57 Å². The SMILES string of the molecule is CCCCCC1OC1C/C=C\CCCCCCCC(=O)OC[C@H](COP(=O)(O)O)OC(=O)CCCCCCCCCCCCCCCCC(C)C. The van der Waals surface area contributed by atoms with E-state index in [1.165, 1.54) is 96.3 Å². The molecule has 1 aliphatic rings. The lowest BCUT2D eigenvalue weighted by Gasteiger charge is -2.18. The molecule has 1 aliphatic heterocycles. The summed E-state index contributed by atoms with van der Waals surface area (Å²) in [6.45, 7) is 5.99.